The third-order valence-electron chi connectivity index (χ3n) is 2.47. The summed E-state index contributed by atoms with van der Waals surface area (Å²) in [4.78, 5) is 6.85. The van der Waals surface area contributed by atoms with Crippen molar-refractivity contribution in [3.8, 4) is 23.1 Å². The third kappa shape index (κ3) is 2.10. The molecule has 0 radical (unpaired) electrons. The highest BCUT2D eigenvalue weighted by molar-refractivity contribution is 6.32. The molecule has 0 fully saturated rings. The van der Waals surface area contributed by atoms with Crippen LogP contribution in [-0.4, -0.2) is 17.1 Å². The fraction of sp³-hybridized carbons (Fsp3) is 0.167. The molecule has 1 N–H and O–H groups in total. The summed E-state index contributed by atoms with van der Waals surface area (Å²) in [6.45, 7) is 1.95. The molecule has 0 atom stereocenters. The van der Waals surface area contributed by atoms with E-state index >= 15 is 0 Å². The Bertz CT molecular complexity index is 598. The van der Waals surface area contributed by atoms with Crippen molar-refractivity contribution >= 4 is 11.6 Å². The van der Waals surface area contributed by atoms with E-state index in [1.807, 2.05) is 19.1 Å². The predicted octanol–water partition coefficient (Wildman–Crippen LogP) is 2.92. The summed E-state index contributed by atoms with van der Waals surface area (Å²) in [6, 6.07) is 5.60. The van der Waals surface area contributed by atoms with Crippen LogP contribution in [0, 0.1) is 18.3 Å². The number of methoxy groups -OCH3 is 1. The molecule has 5 heteroatoms. The second kappa shape index (κ2) is 4.48. The Morgan fingerprint density at radius 3 is 2.82 bits per heavy atom. The number of rotatable bonds is 2. The Morgan fingerprint density at radius 1 is 1.47 bits per heavy atom. The maximum atomic E-state index is 8.71. The molecule has 4 nitrogen and oxygen atoms in total. The first-order chi connectivity index (χ1) is 8.15. The smallest absolute Gasteiger partial charge is 0.210 e. The molecular weight excluding hydrogens is 238 g/mol. The number of benzene rings is 1. The van der Waals surface area contributed by atoms with Gasteiger partial charge in [-0.2, -0.15) is 5.26 Å². The number of imidazole rings is 1. The van der Waals surface area contributed by atoms with Crippen molar-refractivity contribution in [1.82, 2.24) is 9.97 Å². The molecule has 0 unspecified atom stereocenters. The van der Waals surface area contributed by atoms with Crippen molar-refractivity contribution in [2.45, 2.75) is 6.92 Å². The first kappa shape index (κ1) is 11.5. The van der Waals surface area contributed by atoms with Crippen LogP contribution < -0.4 is 4.74 Å². The highest BCUT2D eigenvalue weighted by atomic mass is 35.5. The fourth-order valence-corrected chi connectivity index (χ4v) is 1.86. The van der Waals surface area contributed by atoms with E-state index in [-0.39, 0.29) is 5.82 Å². The second-order valence-electron chi connectivity index (χ2n) is 3.56. The number of nitrogens with zero attached hydrogens (tertiary/aromatic N) is 2. The van der Waals surface area contributed by atoms with E-state index < -0.39 is 0 Å². The van der Waals surface area contributed by atoms with Gasteiger partial charge in [-0.3, -0.25) is 0 Å². The number of aryl methyl sites for hydroxylation is 1. The number of ether oxygens (including phenoxy) is 1. The van der Waals surface area contributed by atoms with E-state index in [1.165, 1.54) is 0 Å². The highest BCUT2D eigenvalue weighted by Crippen LogP contribution is 2.32. The fourth-order valence-electron chi connectivity index (χ4n) is 1.62. The van der Waals surface area contributed by atoms with Crippen LogP contribution in [0.25, 0.3) is 11.3 Å². The summed E-state index contributed by atoms with van der Waals surface area (Å²) in [5, 5.41) is 9.24. The molecule has 17 heavy (non-hydrogen) atoms. The standard InChI is InChI=1S/C12H10ClN3O/c1-7-3-11(17-2)9(13)4-8(7)10-6-15-12(5-14)16-10/h3-4,6H,1-2H3,(H,15,16). The minimum atomic E-state index is 0.284. The lowest BCUT2D eigenvalue weighted by atomic mass is 10.1. The van der Waals surface area contributed by atoms with Gasteiger partial charge in [0.15, 0.2) is 0 Å². The number of nitriles is 1. The summed E-state index contributed by atoms with van der Waals surface area (Å²) in [6.07, 6.45) is 1.61. The zero-order valence-electron chi connectivity index (χ0n) is 9.41. The van der Waals surface area contributed by atoms with Crippen molar-refractivity contribution in [3.63, 3.8) is 0 Å². The summed E-state index contributed by atoms with van der Waals surface area (Å²) in [5.41, 5.74) is 2.67. The second-order valence-corrected chi connectivity index (χ2v) is 3.97. The van der Waals surface area contributed by atoms with Crippen LogP contribution in [0.1, 0.15) is 11.4 Å². The zero-order chi connectivity index (χ0) is 12.4. The molecule has 0 amide bonds. The predicted molar refractivity (Wildman–Crippen MR) is 65.0 cm³/mol. The Hall–Kier alpha value is -1.99. The van der Waals surface area contributed by atoms with Gasteiger partial charge >= 0.3 is 0 Å². The maximum absolute atomic E-state index is 8.71. The van der Waals surface area contributed by atoms with E-state index in [4.69, 9.17) is 21.6 Å². The molecule has 1 heterocycles. The molecule has 2 rings (SSSR count). The summed E-state index contributed by atoms with van der Waals surface area (Å²) >= 11 is 6.07. The maximum Gasteiger partial charge on any atom is 0.210 e. The van der Waals surface area contributed by atoms with Crippen molar-refractivity contribution in [2.75, 3.05) is 7.11 Å². The lowest BCUT2D eigenvalue weighted by Crippen LogP contribution is -1.89. The number of nitrogens with one attached hydrogen (secondary N) is 1. The van der Waals surface area contributed by atoms with Gasteiger partial charge in [0.2, 0.25) is 5.82 Å². The quantitative estimate of drug-likeness (QED) is 0.888. The van der Waals surface area contributed by atoms with Crippen LogP contribution in [0.5, 0.6) is 5.75 Å². The molecule has 0 spiro atoms. The summed E-state index contributed by atoms with van der Waals surface area (Å²) < 4.78 is 5.13. The lowest BCUT2D eigenvalue weighted by Gasteiger charge is -2.08. The SMILES string of the molecule is COc1cc(C)c(-c2cnc(C#N)[nH]2)cc1Cl. The molecular formula is C12H10ClN3O. The Morgan fingerprint density at radius 2 is 2.24 bits per heavy atom. The summed E-state index contributed by atoms with van der Waals surface area (Å²) in [5.74, 6) is 0.916. The van der Waals surface area contributed by atoms with Crippen molar-refractivity contribution in [1.29, 1.82) is 5.26 Å². The highest BCUT2D eigenvalue weighted by Gasteiger charge is 2.10. The van der Waals surface area contributed by atoms with Crippen molar-refractivity contribution in [2.24, 2.45) is 0 Å². The van der Waals surface area contributed by atoms with Gasteiger partial charge in [0.1, 0.15) is 11.8 Å². The molecule has 2 aromatic rings. The summed E-state index contributed by atoms with van der Waals surface area (Å²) in [7, 11) is 1.57. The van der Waals surface area contributed by atoms with Crippen LogP contribution in [0.2, 0.25) is 5.02 Å². The van der Waals surface area contributed by atoms with Gasteiger partial charge in [0, 0.05) is 5.56 Å². The van der Waals surface area contributed by atoms with Gasteiger partial charge in [-0.05, 0) is 24.6 Å². The minimum Gasteiger partial charge on any atom is -0.495 e. The van der Waals surface area contributed by atoms with Crippen molar-refractivity contribution < 1.29 is 4.74 Å². The average molecular weight is 248 g/mol. The number of hydrogen-bond donors (Lipinski definition) is 1. The van der Waals surface area contributed by atoms with Gasteiger partial charge in [0.05, 0.1) is 24.0 Å². The van der Waals surface area contributed by atoms with Crippen LogP contribution in [0.15, 0.2) is 18.3 Å². The van der Waals surface area contributed by atoms with Gasteiger partial charge in [-0.1, -0.05) is 11.6 Å². The number of aromatic amines is 1. The number of H-pyrrole nitrogens is 1. The average Bonchev–Trinajstić information content (AvgIpc) is 2.80. The Kier molecular flexibility index (Phi) is 3.03. The van der Waals surface area contributed by atoms with Gasteiger partial charge in [-0.25, -0.2) is 4.98 Å². The molecule has 0 saturated carbocycles. The molecule has 0 saturated heterocycles. The van der Waals surface area contributed by atoms with Crippen LogP contribution in [0.4, 0.5) is 0 Å². The van der Waals surface area contributed by atoms with Crippen LogP contribution in [-0.2, 0) is 0 Å². The first-order valence-corrected chi connectivity index (χ1v) is 5.33. The van der Waals surface area contributed by atoms with Gasteiger partial charge < -0.3 is 9.72 Å². The van der Waals surface area contributed by atoms with Crippen molar-refractivity contribution in [3.05, 3.63) is 34.7 Å². The van der Waals surface area contributed by atoms with Gasteiger partial charge in [-0.15, -0.1) is 0 Å². The van der Waals surface area contributed by atoms with E-state index in [9.17, 15) is 0 Å². The molecule has 0 aliphatic heterocycles. The van der Waals surface area contributed by atoms with Crippen LogP contribution in [0.3, 0.4) is 0 Å². The van der Waals surface area contributed by atoms with Gasteiger partial charge in [0.25, 0.3) is 0 Å². The zero-order valence-corrected chi connectivity index (χ0v) is 10.2. The Labute approximate surface area is 104 Å². The molecule has 0 bridgehead atoms. The lowest BCUT2D eigenvalue weighted by molar-refractivity contribution is 0.415. The first-order valence-electron chi connectivity index (χ1n) is 4.95. The Balaban J connectivity index is 2.53. The van der Waals surface area contributed by atoms with E-state index in [2.05, 4.69) is 9.97 Å². The monoisotopic (exact) mass is 247 g/mol. The number of hydrogen-bond acceptors (Lipinski definition) is 3. The topological polar surface area (TPSA) is 61.7 Å². The van der Waals surface area contributed by atoms with E-state index in [0.717, 1.165) is 16.8 Å². The molecule has 1 aromatic heterocycles. The van der Waals surface area contributed by atoms with E-state index in [0.29, 0.717) is 10.8 Å². The number of aromatic nitrogens is 2. The normalized spacial score (nSPS) is 10.0. The van der Waals surface area contributed by atoms with Crippen LogP contribution >= 0.6 is 11.6 Å². The molecule has 1 aromatic carbocycles. The molecule has 86 valence electrons. The van der Waals surface area contributed by atoms with E-state index in [1.54, 1.807) is 19.4 Å². The number of halogens is 1. The molecule has 0 aliphatic rings. The largest absolute Gasteiger partial charge is 0.495 e. The molecule has 0 aliphatic carbocycles. The minimum absolute atomic E-state index is 0.284. The third-order valence-corrected chi connectivity index (χ3v) is 2.77.